The first-order valence-corrected chi connectivity index (χ1v) is 43.4. The minimum Gasteiger partial charge on any atom is -0.633 e. The molecule has 0 unspecified atom stereocenters. The average Bonchev–Trinajstić information content (AvgIpc) is 0.887. The number of ketones is 3. The number of amides is 1. The van der Waals surface area contributed by atoms with Crippen LogP contribution in [0, 0.1) is 11.1 Å². The van der Waals surface area contributed by atoms with E-state index in [4.69, 9.17) is 20.3 Å². The minimum absolute atomic E-state index is 0. The summed E-state index contributed by atoms with van der Waals surface area (Å²) in [6.07, 6.45) is 4.82. The Bertz CT molecular complexity index is 2930. The van der Waals surface area contributed by atoms with E-state index in [1.165, 1.54) is 106 Å². The summed E-state index contributed by atoms with van der Waals surface area (Å²) in [5.74, 6) is 0.593. The van der Waals surface area contributed by atoms with Crippen molar-refractivity contribution >= 4 is 77.6 Å². The predicted octanol–water partition coefficient (Wildman–Crippen LogP) is 17.4. The fourth-order valence-corrected chi connectivity index (χ4v) is 2.80. The highest BCUT2D eigenvalue weighted by Gasteiger charge is 2.03. The number of sulfonamides is 1. The molecule has 0 heterocycles. The maximum absolute atomic E-state index is 10.8. The lowest BCUT2D eigenvalue weighted by molar-refractivity contribution is -0.849. The van der Waals surface area contributed by atoms with Gasteiger partial charge in [0.05, 0.1) is 117 Å². The van der Waals surface area contributed by atoms with Crippen LogP contribution in [0.25, 0.3) is 0 Å². The van der Waals surface area contributed by atoms with Crippen LogP contribution in [0.3, 0.4) is 0 Å². The van der Waals surface area contributed by atoms with Crippen LogP contribution < -0.4 is 10.5 Å². The van der Waals surface area contributed by atoms with Gasteiger partial charge in [0.2, 0.25) is 15.9 Å². The van der Waals surface area contributed by atoms with Gasteiger partial charge in [-0.3, -0.25) is 36.7 Å². The van der Waals surface area contributed by atoms with Crippen molar-refractivity contribution < 1.29 is 119 Å². The molecule has 3 rings (SSSR count). The summed E-state index contributed by atoms with van der Waals surface area (Å²) in [5.41, 5.74) is 11.2. The van der Waals surface area contributed by atoms with Gasteiger partial charge in [-0.1, -0.05) is 146 Å². The van der Waals surface area contributed by atoms with E-state index in [0.29, 0.717) is 16.7 Å². The van der Waals surface area contributed by atoms with Crippen molar-refractivity contribution in [3.63, 3.8) is 0 Å². The number of Topliss-reactive ketones (excluding diaryl/α,β-unsaturated/α-hetero) is 3. The Balaban J connectivity index is -0.0000000453. The summed E-state index contributed by atoms with van der Waals surface area (Å²) < 4.78 is 104. The number of benzene rings is 3. The number of carbonyl (C=O) groups excluding carboxylic acids is 7. The monoisotopic (exact) mass is 1880 g/mol. The summed E-state index contributed by atoms with van der Waals surface area (Å²) in [5, 5.41) is 18.1. The Kier molecular flexibility index (Phi) is 179. The lowest BCUT2D eigenvalue weighted by atomic mass is 10.1. The molecule has 0 aliphatic carbocycles. The van der Waals surface area contributed by atoms with Crippen LogP contribution in [-0.2, 0) is 90.6 Å². The molecular formula is C91H194N7O25S3+. The summed E-state index contributed by atoms with van der Waals surface area (Å²) in [6, 6.07) is 27.5. The van der Waals surface area contributed by atoms with Crippen LogP contribution in [0.1, 0.15) is 218 Å². The number of unbranched alkanes of at least 4 members (excludes halogenated alkanes) is 1. The molecule has 0 bridgehead atoms. The number of nitrogens with one attached hydrogen (secondary N) is 1. The topological polar surface area (TPSA) is 414 Å². The van der Waals surface area contributed by atoms with Crippen LogP contribution in [0.4, 0.5) is 4.79 Å². The highest BCUT2D eigenvalue weighted by Crippen LogP contribution is 2.05. The number of aliphatic hydroxyl groups is 1. The van der Waals surface area contributed by atoms with E-state index in [1.54, 1.807) is 133 Å². The van der Waals surface area contributed by atoms with E-state index >= 15 is 0 Å². The zero-order chi connectivity index (χ0) is 104. The maximum Gasteiger partial charge on any atom is 0.507 e. The molecule has 1 amide bonds. The lowest BCUT2D eigenvalue weighted by Crippen LogP contribution is -2.27. The molecule has 0 saturated carbocycles. The first-order chi connectivity index (χ1) is 56.0. The molecule has 35 heteroatoms. The smallest absolute Gasteiger partial charge is 0.507 e. The van der Waals surface area contributed by atoms with Gasteiger partial charge in [0.15, 0.2) is 11.6 Å². The average molecular weight is 1880 g/mol. The zero-order valence-corrected chi connectivity index (χ0v) is 89.4. The highest BCUT2D eigenvalue weighted by atomic mass is 32.3. The molecule has 32 nitrogen and oxygen atoms in total. The molecule has 3 aromatic rings. The third kappa shape index (κ3) is 385. The van der Waals surface area contributed by atoms with Crippen molar-refractivity contribution in [1.82, 2.24) is 14.5 Å². The van der Waals surface area contributed by atoms with Gasteiger partial charge in [0.1, 0.15) is 5.78 Å². The first kappa shape index (κ1) is 176. The number of carbonyl (C=O) groups is 7. The number of esters is 2. The van der Waals surface area contributed by atoms with E-state index in [1.807, 2.05) is 103 Å². The number of aliphatic imine (C=N–C) groups is 1. The molecule has 0 aromatic heterocycles. The molecule has 0 atom stereocenters. The number of ether oxygens (including phenoxy) is 7. The molecule has 4 N–H and O–H groups in total. The van der Waals surface area contributed by atoms with Crippen LogP contribution in [0.15, 0.2) is 133 Å². The molecule has 3 aromatic carbocycles. The van der Waals surface area contributed by atoms with Crippen LogP contribution >= 0.6 is 0 Å². The van der Waals surface area contributed by atoms with Gasteiger partial charge in [-0.2, -0.15) is 16.8 Å². The second kappa shape index (κ2) is 128. The molecule has 126 heavy (non-hydrogen) atoms. The number of hydroxylamine groups is 3. The predicted molar refractivity (Wildman–Crippen MR) is 536 cm³/mol. The zero-order valence-electron chi connectivity index (χ0n) is 87.0. The summed E-state index contributed by atoms with van der Waals surface area (Å²) >= 11 is 0. The fourth-order valence-electron chi connectivity index (χ4n) is 2.66. The van der Waals surface area contributed by atoms with Crippen molar-refractivity contribution in [3.8, 4) is 0 Å². The number of rotatable bonds is 12. The number of nitrogens with zero attached hydrogens (tertiary/aromatic N) is 5. The standard InChI is InChI=1S/C10H10O2.C8H8O2.C6H6.C6H12.C5H12O.C4H9NO.C4H12N.C4H9N.C4H11N.C4H10O.C4H10.C3H9NO.C3H9N.C3H6O3.C3H6O2.C3H8O.C3H6O.C2H7NO2S.C2H6O4S.C2H6O3S.C2H6O.2C2H4.2CH4/c1-7(11)9-3-5-10(6-4-9)8(2)12;1-10-8(9)7-5-3-2-4-6-7;1-2-4-6-5-3-1;1-5(2)6(3)4;1-3-4-5-6-2;1-4(6)5(2)3;1-5(2,3)4;1-4(2)5-3;1-4(2,3)5;1-3-4-5-2;1-4(2)3;1-4(2,3)5;1-4(2)3;1-5-3(4)6-2;1-3(4)5-2;2*1-3(2)4;1-3-6(2,4)5;1-5-7(3,4)6-2;1-5-6(2,3)4;1-3-2;2*1-2;;/h3-6H,1-2H3;2-6H,1H3;1-6H;1-4H3;3-5H2,1-2H3;1-3H3;1-4H3;1-3H3;5H2,1-3H3;3-4H2,1-2H3;4H,1-3H3;1-3H3;1-3H3;1-2H3;1-2H3;3-4H,1-2H3;1-2H3;3H,1-2H3;1-2H3;1-2H3;1-2H3;2*1-2H2;2*1H4/q;;;;;;+1;;;;;;;;;;;;;;;;;;. The largest absolute Gasteiger partial charge is 0.633 e. The second-order valence-corrected chi connectivity index (χ2v) is 34.2. The van der Waals surface area contributed by atoms with Crippen molar-refractivity contribution in [1.29, 1.82) is 0 Å². The molecule has 0 spiro atoms. The number of aliphatic hydroxyl groups excluding tert-OH is 1. The lowest BCUT2D eigenvalue weighted by Gasteiger charge is -2.27. The van der Waals surface area contributed by atoms with E-state index in [2.05, 4.69) is 163 Å². The fraction of sp³-hybridized carbons (Fsp3) is 0.648. The van der Waals surface area contributed by atoms with Gasteiger partial charge in [-0.15, -0.1) is 26.3 Å². The molecule has 0 aliphatic heterocycles. The number of quaternary nitrogens is 2. The van der Waals surface area contributed by atoms with Crippen molar-refractivity contribution in [2.24, 2.45) is 16.6 Å². The van der Waals surface area contributed by atoms with E-state index in [9.17, 15) is 64.0 Å². The van der Waals surface area contributed by atoms with Gasteiger partial charge in [0.25, 0.3) is 10.1 Å². The Hall–Kier alpha value is -7.43. The Morgan fingerprint density at radius 2 is 0.714 bits per heavy atom. The van der Waals surface area contributed by atoms with Crippen LogP contribution in [0.2, 0.25) is 0 Å². The van der Waals surface area contributed by atoms with Gasteiger partial charge >= 0.3 is 28.5 Å². The molecule has 0 aliphatic rings. The van der Waals surface area contributed by atoms with Gasteiger partial charge in [-0.25, -0.2) is 22.7 Å². The minimum atomic E-state index is -3.66. The Morgan fingerprint density at radius 3 is 0.786 bits per heavy atom. The van der Waals surface area contributed by atoms with E-state index < -0.39 is 36.7 Å². The first-order valence-electron chi connectivity index (χ1n) is 38.4. The van der Waals surface area contributed by atoms with Crippen LogP contribution in [-0.4, -0.2) is 311 Å². The quantitative estimate of drug-likeness (QED) is 0.0174. The molecule has 0 saturated heterocycles. The number of nitrogens with two attached hydrogens (primary N) is 1. The summed E-state index contributed by atoms with van der Waals surface area (Å²) in [6.45, 7) is 55.3. The normalized spacial score (nSPS) is 8.85. The van der Waals surface area contributed by atoms with Crippen molar-refractivity contribution in [3.05, 3.63) is 150 Å². The van der Waals surface area contributed by atoms with Gasteiger partial charge < -0.3 is 72.9 Å². The van der Waals surface area contributed by atoms with Crippen molar-refractivity contribution in [2.45, 2.75) is 198 Å². The third-order valence-electron chi connectivity index (χ3n) is 8.45. The molecule has 0 radical (unpaired) electrons. The van der Waals surface area contributed by atoms with Gasteiger partial charge in [-0.05, 0) is 163 Å². The third-order valence-corrected chi connectivity index (χ3v) is 10.6. The van der Waals surface area contributed by atoms with Crippen molar-refractivity contribution in [2.75, 3.05) is 203 Å². The number of hydrogen-bond acceptors (Lipinski definition) is 28. The van der Waals surface area contributed by atoms with Crippen LogP contribution in [0.5, 0.6) is 0 Å². The second-order valence-electron chi connectivity index (χ2n) is 29.0. The Morgan fingerprint density at radius 1 is 0.516 bits per heavy atom. The molecule has 0 fully saturated rings. The number of hydrogen-bond donors (Lipinski definition) is 3. The molecule has 760 valence electrons. The van der Waals surface area contributed by atoms with E-state index in [0.717, 1.165) is 69.6 Å². The maximum atomic E-state index is 10.8. The highest BCUT2D eigenvalue weighted by molar-refractivity contribution is 7.88. The molecular weight excluding hydrogens is 1690 g/mol. The summed E-state index contributed by atoms with van der Waals surface area (Å²) in [7, 11) is 31.2. The number of allylic oxidation sites excluding steroid dienone is 2. The Labute approximate surface area is 774 Å². The SMILES string of the molecule is C.C.C=C.C=C.CC(=O)N(C)C.CC(=O)c1ccc(C(C)=O)cc1.CC(C)(C)N.CC(C)=C(C)C.CC(C)=O.CC(C)C.CC(C)O.CCCCOC.CCCOC.CN(C)C.CN=C(C)C.CNS(C)(=O)=O.COC.COC(=O)OC.COC(=O)c1ccccc1.COC(C)=O.COS(=O)(=O)OC.COS(C)(=O)=O.C[N+](C)(C)C.C[N+](C)(C)[O-].c1ccccc1. The van der Waals surface area contributed by atoms with E-state index in [-0.39, 0.29) is 66.3 Å². The summed E-state index contributed by atoms with van der Waals surface area (Å²) in [4.78, 5) is 78.6. The van der Waals surface area contributed by atoms with Gasteiger partial charge in [0, 0.05) is 105 Å². The number of methoxy groups -OCH3 is 7.